The van der Waals surface area contributed by atoms with Gasteiger partial charge in [-0.25, -0.2) is 0 Å². The van der Waals surface area contributed by atoms with E-state index in [0.717, 1.165) is 5.56 Å². The molecule has 0 aromatic heterocycles. The van der Waals surface area contributed by atoms with E-state index in [1.165, 1.54) is 0 Å². The van der Waals surface area contributed by atoms with Gasteiger partial charge in [-0.2, -0.15) is 0 Å². The molecule has 1 aromatic rings. The lowest BCUT2D eigenvalue weighted by atomic mass is 9.92. The summed E-state index contributed by atoms with van der Waals surface area (Å²) in [6.45, 7) is 4.33. The van der Waals surface area contributed by atoms with Crippen molar-refractivity contribution in [2.75, 3.05) is 19.8 Å². The average molecular weight is 258 g/mol. The van der Waals surface area contributed by atoms with Gasteiger partial charge in [0.15, 0.2) is 0 Å². The Morgan fingerprint density at radius 3 is 2.53 bits per heavy atom. The highest BCUT2D eigenvalue weighted by molar-refractivity contribution is 6.30. The molecule has 0 aliphatic rings. The van der Waals surface area contributed by atoms with E-state index in [0.29, 0.717) is 11.6 Å². The zero-order chi connectivity index (χ0) is 12.9. The molecule has 4 heteroatoms. The highest BCUT2D eigenvalue weighted by Gasteiger charge is 2.22. The van der Waals surface area contributed by atoms with Crippen molar-refractivity contribution in [3.63, 3.8) is 0 Å². The first-order valence-corrected chi connectivity index (χ1v) is 6.09. The summed E-state index contributed by atoms with van der Waals surface area (Å²) in [7, 11) is 0. The quantitative estimate of drug-likeness (QED) is 0.731. The molecule has 0 heterocycles. The van der Waals surface area contributed by atoms with Crippen LogP contribution < -0.4 is 5.32 Å². The molecule has 0 unspecified atom stereocenters. The molecule has 0 spiro atoms. The molecule has 0 aliphatic carbocycles. The lowest BCUT2D eigenvalue weighted by molar-refractivity contribution is 0.0677. The standard InChI is InChI=1S/C13H20ClNO2/c1-10(11-4-3-5-12(14)6-11)15-7-13(2,8-16)9-17/h3-6,10,15-17H,7-9H2,1-2H3/t10-/m1/s1. The van der Waals surface area contributed by atoms with Gasteiger partial charge in [-0.3, -0.25) is 0 Å². The third-order valence-electron chi connectivity index (χ3n) is 2.95. The Morgan fingerprint density at radius 1 is 1.35 bits per heavy atom. The molecule has 0 bridgehead atoms. The van der Waals surface area contributed by atoms with E-state index >= 15 is 0 Å². The summed E-state index contributed by atoms with van der Waals surface area (Å²) in [5.41, 5.74) is 0.600. The summed E-state index contributed by atoms with van der Waals surface area (Å²) in [6, 6.07) is 7.79. The Labute approximate surface area is 107 Å². The van der Waals surface area contributed by atoms with Crippen LogP contribution in [0.15, 0.2) is 24.3 Å². The first-order valence-electron chi connectivity index (χ1n) is 5.71. The van der Waals surface area contributed by atoms with Gasteiger partial charge in [0.1, 0.15) is 0 Å². The molecule has 17 heavy (non-hydrogen) atoms. The Kier molecular flexibility index (Phi) is 5.40. The molecule has 1 atom stereocenters. The van der Waals surface area contributed by atoms with Gasteiger partial charge in [0.05, 0.1) is 13.2 Å². The monoisotopic (exact) mass is 257 g/mol. The fourth-order valence-electron chi connectivity index (χ4n) is 1.46. The third kappa shape index (κ3) is 4.28. The zero-order valence-corrected chi connectivity index (χ0v) is 11.0. The maximum atomic E-state index is 9.19. The Hall–Kier alpha value is -0.610. The van der Waals surface area contributed by atoms with Crippen LogP contribution in [0.1, 0.15) is 25.5 Å². The van der Waals surface area contributed by atoms with E-state index in [-0.39, 0.29) is 19.3 Å². The molecule has 96 valence electrons. The Morgan fingerprint density at radius 2 is 2.00 bits per heavy atom. The first kappa shape index (κ1) is 14.5. The summed E-state index contributed by atoms with van der Waals surface area (Å²) in [5, 5.41) is 22.4. The number of hydrogen-bond acceptors (Lipinski definition) is 3. The normalized spacial score (nSPS) is 13.7. The maximum Gasteiger partial charge on any atom is 0.0519 e. The van der Waals surface area contributed by atoms with Gasteiger partial charge in [-0.05, 0) is 24.6 Å². The largest absolute Gasteiger partial charge is 0.396 e. The van der Waals surface area contributed by atoms with Gasteiger partial charge >= 0.3 is 0 Å². The van der Waals surface area contributed by atoms with E-state index in [2.05, 4.69) is 5.32 Å². The van der Waals surface area contributed by atoms with Gasteiger partial charge < -0.3 is 15.5 Å². The second-order valence-electron chi connectivity index (χ2n) is 4.78. The van der Waals surface area contributed by atoms with Crippen LogP contribution in [0.3, 0.4) is 0 Å². The van der Waals surface area contributed by atoms with E-state index in [9.17, 15) is 10.2 Å². The summed E-state index contributed by atoms with van der Waals surface area (Å²) < 4.78 is 0. The molecular formula is C13H20ClNO2. The van der Waals surface area contributed by atoms with Crippen LogP contribution in [0.5, 0.6) is 0 Å². The average Bonchev–Trinajstić information content (AvgIpc) is 2.35. The van der Waals surface area contributed by atoms with Crippen molar-refractivity contribution in [2.24, 2.45) is 5.41 Å². The van der Waals surface area contributed by atoms with Crippen molar-refractivity contribution < 1.29 is 10.2 Å². The van der Waals surface area contributed by atoms with Crippen molar-refractivity contribution in [1.82, 2.24) is 5.32 Å². The minimum Gasteiger partial charge on any atom is -0.396 e. The Balaban J connectivity index is 2.58. The van der Waals surface area contributed by atoms with E-state index in [4.69, 9.17) is 11.6 Å². The second-order valence-corrected chi connectivity index (χ2v) is 5.22. The second kappa shape index (κ2) is 6.36. The number of hydrogen-bond donors (Lipinski definition) is 3. The van der Waals surface area contributed by atoms with Crippen molar-refractivity contribution in [3.05, 3.63) is 34.9 Å². The number of aliphatic hydroxyl groups is 2. The SMILES string of the molecule is C[C@@H](NCC(C)(CO)CO)c1cccc(Cl)c1. The molecule has 1 aromatic carbocycles. The maximum absolute atomic E-state index is 9.19. The molecule has 0 saturated carbocycles. The van der Waals surface area contributed by atoms with Crippen LogP contribution in [-0.4, -0.2) is 30.0 Å². The minimum atomic E-state index is -0.493. The van der Waals surface area contributed by atoms with Gasteiger partial charge in [-0.1, -0.05) is 30.7 Å². The molecule has 0 fully saturated rings. The smallest absolute Gasteiger partial charge is 0.0519 e. The summed E-state index contributed by atoms with van der Waals surface area (Å²) in [5.74, 6) is 0. The summed E-state index contributed by atoms with van der Waals surface area (Å²) in [4.78, 5) is 0. The van der Waals surface area contributed by atoms with Crippen LogP contribution in [0, 0.1) is 5.41 Å². The van der Waals surface area contributed by atoms with Gasteiger partial charge in [0.2, 0.25) is 0 Å². The minimum absolute atomic E-state index is 0.0429. The van der Waals surface area contributed by atoms with Gasteiger partial charge in [0, 0.05) is 23.0 Å². The van der Waals surface area contributed by atoms with Crippen LogP contribution in [0.4, 0.5) is 0 Å². The molecule has 0 amide bonds. The fraction of sp³-hybridized carbons (Fsp3) is 0.538. The number of halogens is 1. The molecule has 3 N–H and O–H groups in total. The predicted octanol–water partition coefficient (Wildman–Crippen LogP) is 1.98. The zero-order valence-electron chi connectivity index (χ0n) is 10.3. The van der Waals surface area contributed by atoms with Crippen LogP contribution in [-0.2, 0) is 0 Å². The van der Waals surface area contributed by atoms with Crippen molar-refractivity contribution in [1.29, 1.82) is 0 Å². The highest BCUT2D eigenvalue weighted by Crippen LogP contribution is 2.19. The van der Waals surface area contributed by atoms with E-state index in [1.54, 1.807) is 0 Å². The number of nitrogens with one attached hydrogen (secondary N) is 1. The lowest BCUT2D eigenvalue weighted by Gasteiger charge is -2.27. The molecule has 0 saturated heterocycles. The number of aliphatic hydroxyl groups excluding tert-OH is 2. The van der Waals surface area contributed by atoms with Crippen molar-refractivity contribution in [3.8, 4) is 0 Å². The van der Waals surface area contributed by atoms with E-state index in [1.807, 2.05) is 38.1 Å². The van der Waals surface area contributed by atoms with Crippen LogP contribution >= 0.6 is 11.6 Å². The first-order chi connectivity index (χ1) is 8.00. The number of benzene rings is 1. The van der Waals surface area contributed by atoms with Crippen LogP contribution in [0.25, 0.3) is 0 Å². The summed E-state index contributed by atoms with van der Waals surface area (Å²) in [6.07, 6.45) is 0. The highest BCUT2D eigenvalue weighted by atomic mass is 35.5. The molecule has 0 radical (unpaired) electrons. The van der Waals surface area contributed by atoms with Gasteiger partial charge in [0.25, 0.3) is 0 Å². The Bertz CT molecular complexity index is 353. The molecule has 0 aliphatic heterocycles. The molecular weight excluding hydrogens is 238 g/mol. The van der Waals surface area contributed by atoms with Crippen LogP contribution in [0.2, 0.25) is 5.02 Å². The molecule has 3 nitrogen and oxygen atoms in total. The predicted molar refractivity (Wildman–Crippen MR) is 70.1 cm³/mol. The van der Waals surface area contributed by atoms with Gasteiger partial charge in [-0.15, -0.1) is 0 Å². The van der Waals surface area contributed by atoms with E-state index < -0.39 is 5.41 Å². The third-order valence-corrected chi connectivity index (χ3v) is 3.18. The molecule has 1 rings (SSSR count). The summed E-state index contributed by atoms with van der Waals surface area (Å²) >= 11 is 5.93. The number of rotatable bonds is 6. The van der Waals surface area contributed by atoms with Crippen molar-refractivity contribution in [2.45, 2.75) is 19.9 Å². The van der Waals surface area contributed by atoms with Crippen molar-refractivity contribution >= 4 is 11.6 Å². The fourth-order valence-corrected chi connectivity index (χ4v) is 1.65. The lowest BCUT2D eigenvalue weighted by Crippen LogP contribution is -2.38. The topological polar surface area (TPSA) is 52.5 Å².